The van der Waals surface area contributed by atoms with Crippen LogP contribution in [0.15, 0.2) is 0 Å². The molecule has 0 unspecified atom stereocenters. The average Bonchev–Trinajstić information content (AvgIpc) is 3.05. The minimum atomic E-state index is 0.919. The summed E-state index contributed by atoms with van der Waals surface area (Å²) >= 11 is 0. The summed E-state index contributed by atoms with van der Waals surface area (Å²) in [5, 5.41) is 3.52. The van der Waals surface area contributed by atoms with Crippen molar-refractivity contribution in [2.24, 2.45) is 0 Å². The van der Waals surface area contributed by atoms with Gasteiger partial charge in [0.05, 0.1) is 0 Å². The first-order valence-corrected chi connectivity index (χ1v) is 6.83. The summed E-state index contributed by atoms with van der Waals surface area (Å²) in [4.78, 5) is 4.90. The Labute approximate surface area is 101 Å². The molecule has 0 aromatic carbocycles. The highest BCUT2D eigenvalue weighted by Crippen LogP contribution is 2.26. The molecular formula is C13H29N3. The maximum absolute atomic E-state index is 3.52. The van der Waals surface area contributed by atoms with Crippen molar-refractivity contribution in [2.45, 2.75) is 38.6 Å². The van der Waals surface area contributed by atoms with E-state index in [1.165, 1.54) is 38.8 Å². The molecule has 96 valence electrons. The zero-order chi connectivity index (χ0) is 11.8. The largest absolute Gasteiger partial charge is 0.314 e. The fourth-order valence-electron chi connectivity index (χ4n) is 1.93. The van der Waals surface area contributed by atoms with E-state index < -0.39 is 0 Å². The Hall–Kier alpha value is -0.120. The number of unbranched alkanes of at least 4 members (excludes halogenated alkanes) is 1. The first kappa shape index (κ1) is 13.9. The molecule has 3 heteroatoms. The lowest BCUT2D eigenvalue weighted by atomic mass is 10.3. The van der Waals surface area contributed by atoms with Crippen molar-refractivity contribution in [2.75, 3.05) is 46.8 Å². The van der Waals surface area contributed by atoms with E-state index in [-0.39, 0.29) is 0 Å². The molecule has 0 aliphatic heterocycles. The first-order chi connectivity index (χ1) is 7.74. The normalized spacial score (nSPS) is 16.3. The van der Waals surface area contributed by atoms with E-state index in [1.807, 2.05) is 0 Å². The lowest BCUT2D eigenvalue weighted by Gasteiger charge is -2.22. The number of nitrogens with one attached hydrogen (secondary N) is 1. The molecule has 16 heavy (non-hydrogen) atoms. The predicted molar refractivity (Wildman–Crippen MR) is 70.9 cm³/mol. The van der Waals surface area contributed by atoms with Crippen molar-refractivity contribution in [3.05, 3.63) is 0 Å². The van der Waals surface area contributed by atoms with Gasteiger partial charge >= 0.3 is 0 Å². The molecule has 1 saturated carbocycles. The molecule has 0 saturated heterocycles. The van der Waals surface area contributed by atoms with E-state index in [1.54, 1.807) is 0 Å². The van der Waals surface area contributed by atoms with Crippen LogP contribution in [0.1, 0.15) is 32.6 Å². The Balaban J connectivity index is 1.99. The van der Waals surface area contributed by atoms with Crippen LogP contribution < -0.4 is 5.32 Å². The Morgan fingerprint density at radius 3 is 2.31 bits per heavy atom. The molecule has 1 aliphatic rings. The lowest BCUT2D eigenvalue weighted by molar-refractivity contribution is 0.257. The van der Waals surface area contributed by atoms with E-state index in [0.29, 0.717) is 0 Å². The molecule has 0 aromatic heterocycles. The van der Waals surface area contributed by atoms with Crippen LogP contribution in [0.5, 0.6) is 0 Å². The van der Waals surface area contributed by atoms with E-state index in [0.717, 1.165) is 25.7 Å². The van der Waals surface area contributed by atoms with Gasteiger partial charge in [0.2, 0.25) is 0 Å². The van der Waals surface area contributed by atoms with Gasteiger partial charge in [-0.25, -0.2) is 0 Å². The van der Waals surface area contributed by atoms with Gasteiger partial charge in [-0.1, -0.05) is 13.3 Å². The fourth-order valence-corrected chi connectivity index (χ4v) is 1.93. The molecule has 1 aliphatic carbocycles. The summed E-state index contributed by atoms with van der Waals surface area (Å²) in [6.07, 6.45) is 5.54. The third-order valence-electron chi connectivity index (χ3n) is 3.17. The molecule has 1 N–H and O–H groups in total. The lowest BCUT2D eigenvalue weighted by Crippen LogP contribution is -2.36. The predicted octanol–water partition coefficient (Wildman–Crippen LogP) is 1.40. The molecule has 0 aromatic rings. The number of hydrogen-bond acceptors (Lipinski definition) is 3. The van der Waals surface area contributed by atoms with Gasteiger partial charge < -0.3 is 10.2 Å². The molecule has 1 fully saturated rings. The van der Waals surface area contributed by atoms with Crippen LogP contribution in [0.2, 0.25) is 0 Å². The zero-order valence-electron chi connectivity index (χ0n) is 11.3. The Kier molecular flexibility index (Phi) is 7.01. The smallest absolute Gasteiger partial charge is 0.0110 e. The van der Waals surface area contributed by atoms with Crippen molar-refractivity contribution < 1.29 is 0 Å². The van der Waals surface area contributed by atoms with Crippen molar-refractivity contribution in [1.29, 1.82) is 0 Å². The molecule has 0 spiro atoms. The van der Waals surface area contributed by atoms with Crippen LogP contribution in [0.3, 0.4) is 0 Å². The highest BCUT2D eigenvalue weighted by Gasteiger charge is 2.27. The summed E-state index contributed by atoms with van der Waals surface area (Å²) in [5.41, 5.74) is 0. The van der Waals surface area contributed by atoms with Crippen LogP contribution >= 0.6 is 0 Å². The number of nitrogens with zero attached hydrogens (tertiary/aromatic N) is 2. The first-order valence-electron chi connectivity index (χ1n) is 6.83. The molecule has 3 nitrogen and oxygen atoms in total. The zero-order valence-corrected chi connectivity index (χ0v) is 11.3. The van der Waals surface area contributed by atoms with E-state index in [9.17, 15) is 0 Å². The molecule has 0 heterocycles. The highest BCUT2D eigenvalue weighted by molar-refractivity contribution is 4.84. The minimum absolute atomic E-state index is 0.919. The second-order valence-corrected chi connectivity index (χ2v) is 5.17. The van der Waals surface area contributed by atoms with Crippen LogP contribution in [-0.2, 0) is 0 Å². The molecule has 1 rings (SSSR count). The van der Waals surface area contributed by atoms with Gasteiger partial charge in [0.1, 0.15) is 0 Å². The van der Waals surface area contributed by atoms with E-state index in [2.05, 4.69) is 36.1 Å². The van der Waals surface area contributed by atoms with Crippen molar-refractivity contribution >= 4 is 0 Å². The summed E-state index contributed by atoms with van der Waals surface area (Å²) in [6.45, 7) is 8.21. The Bertz CT molecular complexity index is 167. The number of rotatable bonds is 10. The topological polar surface area (TPSA) is 18.5 Å². The van der Waals surface area contributed by atoms with Gasteiger partial charge in [-0.3, -0.25) is 4.90 Å². The monoisotopic (exact) mass is 227 g/mol. The van der Waals surface area contributed by atoms with Crippen molar-refractivity contribution in [3.63, 3.8) is 0 Å². The van der Waals surface area contributed by atoms with E-state index in [4.69, 9.17) is 0 Å². The second kappa shape index (κ2) is 8.04. The SMILES string of the molecule is CCCCN(CCNCCN(C)C)C1CC1. The van der Waals surface area contributed by atoms with E-state index >= 15 is 0 Å². The number of likely N-dealkylation sites (N-methyl/N-ethyl adjacent to an activating group) is 1. The molecular weight excluding hydrogens is 198 g/mol. The number of hydrogen-bond donors (Lipinski definition) is 1. The Morgan fingerprint density at radius 2 is 1.75 bits per heavy atom. The molecule has 0 radical (unpaired) electrons. The average molecular weight is 227 g/mol. The van der Waals surface area contributed by atoms with Crippen LogP contribution in [0.4, 0.5) is 0 Å². The summed E-state index contributed by atoms with van der Waals surface area (Å²) < 4.78 is 0. The van der Waals surface area contributed by atoms with Gasteiger partial charge in [-0.05, 0) is 39.9 Å². The Morgan fingerprint density at radius 1 is 1.06 bits per heavy atom. The van der Waals surface area contributed by atoms with Gasteiger partial charge in [-0.15, -0.1) is 0 Å². The van der Waals surface area contributed by atoms with Crippen molar-refractivity contribution in [1.82, 2.24) is 15.1 Å². The van der Waals surface area contributed by atoms with Gasteiger partial charge in [0.15, 0.2) is 0 Å². The fraction of sp³-hybridized carbons (Fsp3) is 1.00. The molecule has 0 bridgehead atoms. The molecule has 0 amide bonds. The van der Waals surface area contributed by atoms with Gasteiger partial charge in [0.25, 0.3) is 0 Å². The minimum Gasteiger partial charge on any atom is -0.314 e. The third-order valence-corrected chi connectivity index (χ3v) is 3.17. The van der Waals surface area contributed by atoms with Crippen LogP contribution in [0, 0.1) is 0 Å². The quantitative estimate of drug-likeness (QED) is 0.569. The maximum atomic E-state index is 3.52. The summed E-state index contributed by atoms with van der Waals surface area (Å²) in [7, 11) is 4.25. The van der Waals surface area contributed by atoms with Crippen molar-refractivity contribution in [3.8, 4) is 0 Å². The maximum Gasteiger partial charge on any atom is 0.0110 e. The molecule has 0 atom stereocenters. The third kappa shape index (κ3) is 6.46. The highest BCUT2D eigenvalue weighted by atomic mass is 15.2. The van der Waals surface area contributed by atoms with Gasteiger partial charge in [-0.2, -0.15) is 0 Å². The standard InChI is InChI=1S/C13H29N3/c1-4-5-10-16(13-6-7-13)12-9-14-8-11-15(2)3/h13-14H,4-12H2,1-3H3. The summed E-state index contributed by atoms with van der Waals surface area (Å²) in [6, 6.07) is 0.919. The summed E-state index contributed by atoms with van der Waals surface area (Å²) in [5.74, 6) is 0. The van der Waals surface area contributed by atoms with Crippen LogP contribution in [-0.4, -0.2) is 62.7 Å². The second-order valence-electron chi connectivity index (χ2n) is 5.17. The van der Waals surface area contributed by atoms with Crippen LogP contribution in [0.25, 0.3) is 0 Å². The van der Waals surface area contributed by atoms with Gasteiger partial charge in [0, 0.05) is 32.2 Å².